The second kappa shape index (κ2) is 5.91. The van der Waals surface area contributed by atoms with Crippen molar-refractivity contribution < 1.29 is 17.5 Å². The van der Waals surface area contributed by atoms with E-state index in [1.807, 2.05) is 6.07 Å². The summed E-state index contributed by atoms with van der Waals surface area (Å²) in [6, 6.07) is 11.7. The van der Waals surface area contributed by atoms with Crippen molar-refractivity contribution in [2.75, 3.05) is 0 Å². The zero-order valence-corrected chi connectivity index (χ0v) is 11.6. The van der Waals surface area contributed by atoms with E-state index in [-0.39, 0.29) is 12.4 Å². The third-order valence-electron chi connectivity index (χ3n) is 2.69. The molecule has 0 saturated carbocycles. The Morgan fingerprint density at radius 3 is 2.43 bits per heavy atom. The largest absolute Gasteiger partial charge is 0.487 e. The van der Waals surface area contributed by atoms with Gasteiger partial charge in [0.2, 0.25) is 10.0 Å². The van der Waals surface area contributed by atoms with Gasteiger partial charge in [0, 0.05) is 0 Å². The first kappa shape index (κ1) is 15.0. The van der Waals surface area contributed by atoms with Crippen LogP contribution in [0.5, 0.6) is 5.75 Å². The maximum atomic E-state index is 13.1. The van der Waals surface area contributed by atoms with Gasteiger partial charge in [-0.05, 0) is 35.9 Å². The first-order chi connectivity index (χ1) is 9.90. The second-order valence-electron chi connectivity index (χ2n) is 4.23. The van der Waals surface area contributed by atoms with E-state index in [2.05, 4.69) is 0 Å². The standard InChI is InChI=1S/C14H11FN2O3S/c15-12-5-6-13(14(7-12)21(17,18)19)20-9-11-3-1-10(8-16)2-4-11/h1-7H,9H2,(H2,17,18,19). The van der Waals surface area contributed by atoms with Crippen LogP contribution in [0.4, 0.5) is 4.39 Å². The number of nitriles is 1. The molecule has 0 amide bonds. The van der Waals surface area contributed by atoms with Crippen molar-refractivity contribution in [2.45, 2.75) is 11.5 Å². The van der Waals surface area contributed by atoms with Gasteiger partial charge in [-0.1, -0.05) is 12.1 Å². The highest BCUT2D eigenvalue weighted by Crippen LogP contribution is 2.24. The number of sulfonamides is 1. The SMILES string of the molecule is N#Cc1ccc(COc2ccc(F)cc2S(N)(=O)=O)cc1. The van der Waals surface area contributed by atoms with E-state index in [1.54, 1.807) is 24.3 Å². The molecule has 0 aliphatic carbocycles. The molecule has 5 nitrogen and oxygen atoms in total. The number of rotatable bonds is 4. The normalized spacial score (nSPS) is 10.9. The van der Waals surface area contributed by atoms with Crippen LogP contribution in [0.25, 0.3) is 0 Å². The molecular weight excluding hydrogens is 295 g/mol. The second-order valence-corrected chi connectivity index (χ2v) is 5.76. The van der Waals surface area contributed by atoms with Crippen molar-refractivity contribution in [1.82, 2.24) is 0 Å². The smallest absolute Gasteiger partial charge is 0.241 e. The van der Waals surface area contributed by atoms with Crippen LogP contribution in [-0.4, -0.2) is 8.42 Å². The van der Waals surface area contributed by atoms with Gasteiger partial charge in [0.1, 0.15) is 23.1 Å². The molecule has 0 saturated heterocycles. The molecule has 0 bridgehead atoms. The predicted molar refractivity (Wildman–Crippen MR) is 73.3 cm³/mol. The molecule has 0 atom stereocenters. The molecule has 0 aliphatic rings. The van der Waals surface area contributed by atoms with Gasteiger partial charge in [-0.15, -0.1) is 0 Å². The van der Waals surface area contributed by atoms with E-state index in [0.29, 0.717) is 5.56 Å². The van der Waals surface area contributed by atoms with Gasteiger partial charge < -0.3 is 4.74 Å². The van der Waals surface area contributed by atoms with Gasteiger partial charge in [0.15, 0.2) is 0 Å². The fraction of sp³-hybridized carbons (Fsp3) is 0.0714. The van der Waals surface area contributed by atoms with Crippen molar-refractivity contribution >= 4 is 10.0 Å². The average molecular weight is 306 g/mol. The fourth-order valence-corrected chi connectivity index (χ4v) is 2.34. The number of nitrogens with zero attached hydrogens (tertiary/aromatic N) is 1. The molecule has 0 fully saturated rings. The summed E-state index contributed by atoms with van der Waals surface area (Å²) in [5, 5.41) is 13.7. The molecule has 0 heterocycles. The molecular formula is C14H11FN2O3S. The molecule has 0 radical (unpaired) electrons. The first-order valence-corrected chi connectivity index (χ1v) is 7.39. The quantitative estimate of drug-likeness (QED) is 0.934. The Morgan fingerprint density at radius 1 is 1.19 bits per heavy atom. The van der Waals surface area contributed by atoms with E-state index in [9.17, 15) is 12.8 Å². The van der Waals surface area contributed by atoms with Gasteiger partial charge in [0.05, 0.1) is 11.6 Å². The number of ether oxygens (including phenoxy) is 1. The Balaban J connectivity index is 2.22. The van der Waals surface area contributed by atoms with Gasteiger partial charge in [-0.3, -0.25) is 0 Å². The summed E-state index contributed by atoms with van der Waals surface area (Å²) in [6.07, 6.45) is 0. The van der Waals surface area contributed by atoms with E-state index in [1.165, 1.54) is 6.07 Å². The zero-order valence-electron chi connectivity index (χ0n) is 10.8. The minimum absolute atomic E-state index is 0.0248. The van der Waals surface area contributed by atoms with Crippen LogP contribution in [0.3, 0.4) is 0 Å². The molecule has 0 aromatic heterocycles. The van der Waals surface area contributed by atoms with Crippen molar-refractivity contribution in [3.63, 3.8) is 0 Å². The topological polar surface area (TPSA) is 93.2 Å². The van der Waals surface area contributed by atoms with Crippen LogP contribution < -0.4 is 9.88 Å². The lowest BCUT2D eigenvalue weighted by molar-refractivity contribution is 0.297. The van der Waals surface area contributed by atoms with Crippen LogP contribution >= 0.6 is 0 Å². The highest BCUT2D eigenvalue weighted by atomic mass is 32.2. The molecule has 108 valence electrons. The van der Waals surface area contributed by atoms with Crippen LogP contribution in [0.15, 0.2) is 47.4 Å². The maximum absolute atomic E-state index is 13.1. The summed E-state index contributed by atoms with van der Waals surface area (Å²) < 4.78 is 41.3. The van der Waals surface area contributed by atoms with Gasteiger partial charge in [-0.25, -0.2) is 17.9 Å². The molecule has 0 spiro atoms. The van der Waals surface area contributed by atoms with E-state index < -0.39 is 20.7 Å². The molecule has 7 heteroatoms. The summed E-state index contributed by atoms with van der Waals surface area (Å²) in [5.74, 6) is -0.743. The lowest BCUT2D eigenvalue weighted by Gasteiger charge is -2.10. The molecule has 0 aliphatic heterocycles. The summed E-state index contributed by atoms with van der Waals surface area (Å²) in [5.41, 5.74) is 1.24. The zero-order chi connectivity index (χ0) is 15.5. The lowest BCUT2D eigenvalue weighted by atomic mass is 10.2. The Labute approximate surface area is 121 Å². The van der Waals surface area contributed by atoms with Crippen molar-refractivity contribution in [1.29, 1.82) is 5.26 Å². The molecule has 21 heavy (non-hydrogen) atoms. The van der Waals surface area contributed by atoms with Crippen molar-refractivity contribution in [3.8, 4) is 11.8 Å². The number of nitrogens with two attached hydrogens (primary N) is 1. The molecule has 2 rings (SSSR count). The number of halogens is 1. The fourth-order valence-electron chi connectivity index (χ4n) is 1.66. The summed E-state index contributed by atoms with van der Waals surface area (Å²) in [6.45, 7) is 0.0693. The predicted octanol–water partition coefficient (Wildman–Crippen LogP) is 1.92. The van der Waals surface area contributed by atoms with Gasteiger partial charge in [0.25, 0.3) is 0 Å². The highest BCUT2D eigenvalue weighted by molar-refractivity contribution is 7.89. The van der Waals surface area contributed by atoms with Crippen LogP contribution in [-0.2, 0) is 16.6 Å². The Kier molecular flexibility index (Phi) is 4.21. The highest BCUT2D eigenvalue weighted by Gasteiger charge is 2.16. The average Bonchev–Trinajstić information content (AvgIpc) is 2.45. The molecule has 2 aromatic carbocycles. The monoisotopic (exact) mass is 306 g/mol. The molecule has 2 aromatic rings. The first-order valence-electron chi connectivity index (χ1n) is 5.84. The maximum Gasteiger partial charge on any atom is 0.241 e. The van der Waals surface area contributed by atoms with Crippen molar-refractivity contribution in [2.24, 2.45) is 5.14 Å². The molecule has 0 unspecified atom stereocenters. The third kappa shape index (κ3) is 3.78. The van der Waals surface area contributed by atoms with Crippen LogP contribution in [0.2, 0.25) is 0 Å². The number of primary sulfonamides is 1. The lowest BCUT2D eigenvalue weighted by Crippen LogP contribution is -2.14. The summed E-state index contributed by atoms with van der Waals surface area (Å²) in [4.78, 5) is -0.406. The Bertz CT molecular complexity index is 796. The van der Waals surface area contributed by atoms with Crippen LogP contribution in [0.1, 0.15) is 11.1 Å². The number of hydrogen-bond acceptors (Lipinski definition) is 4. The number of hydrogen-bond donors (Lipinski definition) is 1. The van der Waals surface area contributed by atoms with E-state index in [4.69, 9.17) is 15.1 Å². The number of benzene rings is 2. The Morgan fingerprint density at radius 2 is 1.86 bits per heavy atom. The van der Waals surface area contributed by atoms with Crippen LogP contribution in [0, 0.1) is 17.1 Å². The minimum atomic E-state index is -4.08. The van der Waals surface area contributed by atoms with Gasteiger partial charge in [-0.2, -0.15) is 5.26 Å². The Hall–Kier alpha value is -2.43. The summed E-state index contributed by atoms with van der Waals surface area (Å²) in [7, 11) is -4.08. The third-order valence-corrected chi connectivity index (χ3v) is 3.62. The molecule has 2 N–H and O–H groups in total. The van der Waals surface area contributed by atoms with E-state index in [0.717, 1.165) is 17.7 Å². The van der Waals surface area contributed by atoms with Crippen molar-refractivity contribution in [3.05, 3.63) is 59.4 Å². The summed E-state index contributed by atoms with van der Waals surface area (Å²) >= 11 is 0. The van der Waals surface area contributed by atoms with Gasteiger partial charge >= 0.3 is 0 Å². The van der Waals surface area contributed by atoms with E-state index >= 15 is 0 Å². The minimum Gasteiger partial charge on any atom is -0.487 e.